The predicted molar refractivity (Wildman–Crippen MR) is 68.9 cm³/mol. The molecule has 0 aliphatic rings. The fourth-order valence-electron chi connectivity index (χ4n) is 2.33. The zero-order chi connectivity index (χ0) is 14.5. The van der Waals surface area contributed by atoms with E-state index in [9.17, 15) is 13.2 Å². The van der Waals surface area contributed by atoms with Crippen molar-refractivity contribution in [3.05, 3.63) is 18.0 Å². The van der Waals surface area contributed by atoms with Gasteiger partial charge < -0.3 is 5.32 Å². The van der Waals surface area contributed by atoms with Crippen LogP contribution in [0.5, 0.6) is 0 Å². The van der Waals surface area contributed by atoms with Gasteiger partial charge in [0, 0.05) is 12.2 Å². The molecule has 0 fully saturated rings. The Morgan fingerprint density at radius 1 is 1.32 bits per heavy atom. The second-order valence-corrected chi connectivity index (χ2v) is 4.64. The van der Waals surface area contributed by atoms with Crippen molar-refractivity contribution in [2.45, 2.75) is 58.3 Å². The molecule has 2 atom stereocenters. The average molecular weight is 277 g/mol. The van der Waals surface area contributed by atoms with E-state index in [-0.39, 0.29) is 12.1 Å². The molecule has 19 heavy (non-hydrogen) atoms. The number of halogens is 3. The van der Waals surface area contributed by atoms with Gasteiger partial charge in [-0.2, -0.15) is 18.3 Å². The van der Waals surface area contributed by atoms with E-state index in [1.807, 2.05) is 13.8 Å². The third-order valence-corrected chi connectivity index (χ3v) is 3.22. The Labute approximate surface area is 112 Å². The van der Waals surface area contributed by atoms with Gasteiger partial charge in [0.25, 0.3) is 0 Å². The maximum atomic E-state index is 12.6. The molecule has 1 rings (SSSR count). The van der Waals surface area contributed by atoms with Crippen molar-refractivity contribution < 1.29 is 13.2 Å². The van der Waals surface area contributed by atoms with E-state index >= 15 is 0 Å². The molecule has 0 aliphatic heterocycles. The van der Waals surface area contributed by atoms with Gasteiger partial charge in [0.1, 0.15) is 0 Å². The number of nitrogens with one attached hydrogen (secondary N) is 1. The van der Waals surface area contributed by atoms with Crippen molar-refractivity contribution in [3.63, 3.8) is 0 Å². The highest BCUT2D eigenvalue weighted by Crippen LogP contribution is 2.30. The molecule has 2 unspecified atom stereocenters. The van der Waals surface area contributed by atoms with Crippen molar-refractivity contribution in [1.29, 1.82) is 0 Å². The van der Waals surface area contributed by atoms with Gasteiger partial charge in [-0.15, -0.1) is 0 Å². The summed E-state index contributed by atoms with van der Waals surface area (Å²) in [7, 11) is 0. The first kappa shape index (κ1) is 16.0. The molecule has 6 heteroatoms. The van der Waals surface area contributed by atoms with Gasteiger partial charge in [-0.05, 0) is 19.4 Å². The van der Waals surface area contributed by atoms with E-state index in [1.54, 1.807) is 0 Å². The predicted octanol–water partition coefficient (Wildman–Crippen LogP) is 3.63. The largest absolute Gasteiger partial charge is 0.419 e. The van der Waals surface area contributed by atoms with Gasteiger partial charge in [-0.1, -0.05) is 27.2 Å². The molecule has 1 N–H and O–H groups in total. The average Bonchev–Trinajstić information content (AvgIpc) is 2.80. The summed E-state index contributed by atoms with van der Waals surface area (Å²) in [5, 5.41) is 7.23. The lowest BCUT2D eigenvalue weighted by atomic mass is 10.0. The van der Waals surface area contributed by atoms with Crippen molar-refractivity contribution in [2.75, 3.05) is 6.54 Å². The second-order valence-electron chi connectivity index (χ2n) is 4.64. The van der Waals surface area contributed by atoms with Crippen LogP contribution in [0.3, 0.4) is 0 Å². The lowest BCUT2D eigenvalue weighted by molar-refractivity contribution is -0.137. The minimum atomic E-state index is -4.32. The van der Waals surface area contributed by atoms with Crippen LogP contribution >= 0.6 is 0 Å². The van der Waals surface area contributed by atoms with E-state index in [2.05, 4.69) is 17.3 Å². The van der Waals surface area contributed by atoms with E-state index < -0.39 is 11.7 Å². The van der Waals surface area contributed by atoms with Crippen molar-refractivity contribution in [1.82, 2.24) is 15.1 Å². The summed E-state index contributed by atoms with van der Waals surface area (Å²) < 4.78 is 39.2. The molecule has 3 nitrogen and oxygen atoms in total. The van der Waals surface area contributed by atoms with E-state index in [0.717, 1.165) is 38.2 Å². The number of hydrogen-bond acceptors (Lipinski definition) is 2. The standard InChI is InChI=1S/C13H22F3N3/c1-4-7-11(17-6-3)12(5-2)19-9-10(8-18-19)13(14,15)16/h8-9,11-12,17H,4-7H2,1-3H3. The van der Waals surface area contributed by atoms with Gasteiger partial charge >= 0.3 is 6.18 Å². The Morgan fingerprint density at radius 3 is 2.42 bits per heavy atom. The number of nitrogens with zero attached hydrogens (tertiary/aromatic N) is 2. The molecular formula is C13H22F3N3. The first-order valence-corrected chi connectivity index (χ1v) is 6.78. The van der Waals surface area contributed by atoms with Crippen LogP contribution in [0.2, 0.25) is 0 Å². The van der Waals surface area contributed by atoms with E-state index in [4.69, 9.17) is 0 Å². The number of likely N-dealkylation sites (N-methyl/N-ethyl adjacent to an activating group) is 1. The summed E-state index contributed by atoms with van der Waals surface area (Å²) in [5.74, 6) is 0. The smallest absolute Gasteiger partial charge is 0.312 e. The van der Waals surface area contributed by atoms with Gasteiger partial charge in [0.15, 0.2) is 0 Å². The number of hydrogen-bond donors (Lipinski definition) is 1. The highest BCUT2D eigenvalue weighted by Gasteiger charge is 2.33. The van der Waals surface area contributed by atoms with Crippen LogP contribution in [0.25, 0.3) is 0 Å². The zero-order valence-corrected chi connectivity index (χ0v) is 11.7. The zero-order valence-electron chi connectivity index (χ0n) is 11.7. The summed E-state index contributed by atoms with van der Waals surface area (Å²) in [6.45, 7) is 6.84. The maximum Gasteiger partial charge on any atom is 0.419 e. The first-order chi connectivity index (χ1) is 8.93. The number of alkyl halides is 3. The van der Waals surface area contributed by atoms with E-state index in [1.165, 1.54) is 4.68 Å². The van der Waals surface area contributed by atoms with Crippen LogP contribution in [0, 0.1) is 0 Å². The van der Waals surface area contributed by atoms with Gasteiger partial charge in [0.2, 0.25) is 0 Å². The van der Waals surface area contributed by atoms with Crippen LogP contribution in [-0.4, -0.2) is 22.4 Å². The van der Waals surface area contributed by atoms with Crippen molar-refractivity contribution in [2.24, 2.45) is 0 Å². The Hall–Kier alpha value is -1.04. The summed E-state index contributed by atoms with van der Waals surface area (Å²) >= 11 is 0. The van der Waals surface area contributed by atoms with Crippen LogP contribution in [-0.2, 0) is 6.18 Å². The SMILES string of the molecule is CCCC(NCC)C(CC)n1cc(C(F)(F)F)cn1. The molecule has 0 radical (unpaired) electrons. The molecular weight excluding hydrogens is 255 g/mol. The summed E-state index contributed by atoms with van der Waals surface area (Å²) in [6, 6.07) is 0.108. The Morgan fingerprint density at radius 2 is 2.00 bits per heavy atom. The molecule has 0 amide bonds. The van der Waals surface area contributed by atoms with Crippen molar-refractivity contribution in [3.8, 4) is 0 Å². The lowest BCUT2D eigenvalue weighted by Crippen LogP contribution is -2.37. The third kappa shape index (κ3) is 4.23. The van der Waals surface area contributed by atoms with Gasteiger partial charge in [-0.3, -0.25) is 4.68 Å². The molecule has 1 heterocycles. The Bertz CT molecular complexity index is 367. The molecule has 0 spiro atoms. The van der Waals surface area contributed by atoms with Gasteiger partial charge in [0.05, 0.1) is 17.8 Å². The fraction of sp³-hybridized carbons (Fsp3) is 0.769. The number of rotatable bonds is 7. The molecule has 0 aromatic carbocycles. The van der Waals surface area contributed by atoms with Crippen LogP contribution < -0.4 is 5.32 Å². The molecule has 0 saturated carbocycles. The Balaban J connectivity index is 2.91. The summed E-state index contributed by atoms with van der Waals surface area (Å²) in [5.41, 5.74) is -0.683. The minimum Gasteiger partial charge on any atom is -0.312 e. The molecule has 1 aromatic rings. The molecule has 0 bridgehead atoms. The van der Waals surface area contributed by atoms with Crippen LogP contribution in [0.15, 0.2) is 12.4 Å². The monoisotopic (exact) mass is 277 g/mol. The normalized spacial score (nSPS) is 15.5. The molecule has 110 valence electrons. The first-order valence-electron chi connectivity index (χ1n) is 6.78. The third-order valence-electron chi connectivity index (χ3n) is 3.22. The topological polar surface area (TPSA) is 29.9 Å². The quantitative estimate of drug-likeness (QED) is 0.824. The highest BCUT2D eigenvalue weighted by atomic mass is 19.4. The van der Waals surface area contributed by atoms with Crippen LogP contribution in [0.4, 0.5) is 13.2 Å². The van der Waals surface area contributed by atoms with E-state index in [0.29, 0.717) is 0 Å². The van der Waals surface area contributed by atoms with Crippen molar-refractivity contribution >= 4 is 0 Å². The second kappa shape index (κ2) is 6.93. The molecule has 0 aliphatic carbocycles. The summed E-state index contributed by atoms with van der Waals surface area (Å²) in [4.78, 5) is 0. The minimum absolute atomic E-state index is 0.0454. The Kier molecular flexibility index (Phi) is 5.85. The molecule has 0 saturated heterocycles. The molecule has 1 aromatic heterocycles. The fourth-order valence-corrected chi connectivity index (χ4v) is 2.33. The summed E-state index contributed by atoms with van der Waals surface area (Å²) in [6.07, 6.45) is 0.340. The number of aromatic nitrogens is 2. The van der Waals surface area contributed by atoms with Gasteiger partial charge in [-0.25, -0.2) is 0 Å². The lowest BCUT2D eigenvalue weighted by Gasteiger charge is -2.27. The highest BCUT2D eigenvalue weighted by molar-refractivity contribution is 5.09. The maximum absolute atomic E-state index is 12.6. The van der Waals surface area contributed by atoms with Crippen LogP contribution in [0.1, 0.15) is 51.6 Å².